The molecule has 1 aliphatic heterocycles. The Balaban J connectivity index is 0.00000162. The van der Waals surface area contributed by atoms with Gasteiger partial charge in [0.2, 0.25) is 23.6 Å². The van der Waals surface area contributed by atoms with Crippen molar-refractivity contribution >= 4 is 46.6 Å². The minimum absolute atomic E-state index is 0.164. The summed E-state index contributed by atoms with van der Waals surface area (Å²) in [6, 6.07) is 5.97. The van der Waals surface area contributed by atoms with E-state index >= 15 is 0 Å². The molecule has 4 N–H and O–H groups in total. The number of carbonyl (C=O) groups is 6. The molecule has 1 saturated heterocycles. The SMILES string of the molecule is CC.CC(C)=O.CC(C)C.CC(C)C(=O)NCC(=O)N1CCCC1C(=O)NC(Cc1c[nH]c2ccccc12)C(=O)NCC=O. The smallest absolute Gasteiger partial charge is 0.243 e. The van der Waals surface area contributed by atoms with Gasteiger partial charge in [0.05, 0.1) is 13.1 Å². The molecule has 4 amide bonds. The summed E-state index contributed by atoms with van der Waals surface area (Å²) in [4.78, 5) is 75.1. The molecule has 11 heteroatoms. The molecule has 1 aromatic heterocycles. The fourth-order valence-electron chi connectivity index (χ4n) is 4.07. The van der Waals surface area contributed by atoms with Crippen LogP contribution in [0, 0.1) is 11.8 Å². The van der Waals surface area contributed by atoms with Gasteiger partial charge in [0.15, 0.2) is 0 Å². The molecular weight excluding hydrogens is 562 g/mol. The number of nitrogens with zero attached hydrogens (tertiary/aromatic N) is 1. The number of rotatable bonds is 10. The van der Waals surface area contributed by atoms with Gasteiger partial charge in [-0.15, -0.1) is 0 Å². The van der Waals surface area contributed by atoms with Crippen molar-refractivity contribution in [2.75, 3.05) is 19.6 Å². The van der Waals surface area contributed by atoms with Crippen LogP contribution in [0.25, 0.3) is 10.9 Å². The molecular formula is C33H53N5O6. The lowest BCUT2D eigenvalue weighted by Crippen LogP contribution is -2.55. The first-order chi connectivity index (χ1) is 20.8. The minimum Gasteiger partial charge on any atom is -0.361 e. The second kappa shape index (κ2) is 21.6. The number of aromatic amines is 1. The summed E-state index contributed by atoms with van der Waals surface area (Å²) in [7, 11) is 0. The van der Waals surface area contributed by atoms with E-state index < -0.39 is 23.9 Å². The van der Waals surface area contributed by atoms with Crippen molar-refractivity contribution < 1.29 is 28.8 Å². The second-order valence-corrected chi connectivity index (χ2v) is 11.3. The second-order valence-electron chi connectivity index (χ2n) is 11.3. The monoisotopic (exact) mass is 615 g/mol. The van der Waals surface area contributed by atoms with Gasteiger partial charge in [0.1, 0.15) is 24.2 Å². The first-order valence-electron chi connectivity index (χ1n) is 15.4. The van der Waals surface area contributed by atoms with Crippen LogP contribution in [0.1, 0.15) is 80.7 Å². The summed E-state index contributed by atoms with van der Waals surface area (Å²) in [5, 5.41) is 8.80. The Morgan fingerprint density at radius 1 is 0.977 bits per heavy atom. The molecule has 1 aliphatic rings. The predicted octanol–water partition coefficient (Wildman–Crippen LogP) is 3.56. The van der Waals surface area contributed by atoms with Crippen molar-refractivity contribution in [2.45, 2.75) is 93.7 Å². The molecule has 2 unspecified atom stereocenters. The van der Waals surface area contributed by atoms with Crippen molar-refractivity contribution in [3.05, 3.63) is 36.0 Å². The summed E-state index contributed by atoms with van der Waals surface area (Å²) in [5.41, 5.74) is 1.75. The van der Waals surface area contributed by atoms with Crippen LogP contribution in [0.3, 0.4) is 0 Å². The number of aldehydes is 1. The zero-order valence-corrected chi connectivity index (χ0v) is 27.9. The standard InChI is InChI=1S/C24H31N5O5.C4H10.C3H6O.C2H6/c1-15(2)22(32)27-14-21(31)29-10-5-8-20(29)24(34)28-19(23(33)25-9-11-30)12-16-13-26-18-7-4-3-6-17(16)18;1-4(2)3;1-3(2)4;1-2/h3-4,6-7,11,13,15,19-20,26H,5,8-10,12,14H2,1-2H3,(H,25,33)(H,27,32)(H,28,34);4H,1-3H3;1-2H3;1-2H3. The highest BCUT2D eigenvalue weighted by molar-refractivity contribution is 5.94. The molecule has 1 aromatic carbocycles. The Morgan fingerprint density at radius 3 is 2.14 bits per heavy atom. The van der Waals surface area contributed by atoms with E-state index in [1.165, 1.54) is 18.7 Å². The number of fused-ring (bicyclic) bond motifs is 1. The minimum atomic E-state index is -0.926. The lowest BCUT2D eigenvalue weighted by molar-refractivity contribution is -0.140. The van der Waals surface area contributed by atoms with Crippen LogP contribution in [0.5, 0.6) is 0 Å². The maximum absolute atomic E-state index is 13.1. The third-order valence-corrected chi connectivity index (χ3v) is 5.91. The molecule has 11 nitrogen and oxygen atoms in total. The van der Waals surface area contributed by atoms with E-state index in [1.807, 2.05) is 38.1 Å². The van der Waals surface area contributed by atoms with Gasteiger partial charge in [0, 0.05) is 36.0 Å². The summed E-state index contributed by atoms with van der Waals surface area (Å²) < 4.78 is 0. The van der Waals surface area contributed by atoms with Gasteiger partial charge in [0.25, 0.3) is 0 Å². The van der Waals surface area contributed by atoms with Gasteiger partial charge in [-0.2, -0.15) is 0 Å². The maximum atomic E-state index is 13.1. The third kappa shape index (κ3) is 14.9. The molecule has 246 valence electrons. The fourth-order valence-corrected chi connectivity index (χ4v) is 4.07. The summed E-state index contributed by atoms with van der Waals surface area (Å²) in [6.45, 7) is 17.1. The molecule has 44 heavy (non-hydrogen) atoms. The highest BCUT2D eigenvalue weighted by Gasteiger charge is 2.36. The number of carbonyl (C=O) groups excluding carboxylic acids is 6. The number of benzene rings is 1. The van der Waals surface area contributed by atoms with Gasteiger partial charge < -0.3 is 35.4 Å². The van der Waals surface area contributed by atoms with E-state index in [1.54, 1.807) is 20.0 Å². The van der Waals surface area contributed by atoms with Crippen LogP contribution in [0.2, 0.25) is 0 Å². The quantitative estimate of drug-likeness (QED) is 0.299. The lowest BCUT2D eigenvalue weighted by Gasteiger charge is -2.26. The molecule has 0 spiro atoms. The fraction of sp³-hybridized carbons (Fsp3) is 0.576. The molecule has 3 rings (SSSR count). The average molecular weight is 616 g/mol. The van der Waals surface area contributed by atoms with Crippen LogP contribution in [0.4, 0.5) is 0 Å². The Hall–Kier alpha value is -4.02. The van der Waals surface area contributed by atoms with Crippen LogP contribution in [-0.2, 0) is 35.2 Å². The Bertz CT molecular complexity index is 1200. The van der Waals surface area contributed by atoms with Gasteiger partial charge >= 0.3 is 0 Å². The summed E-state index contributed by atoms with van der Waals surface area (Å²) >= 11 is 0. The Labute approximate surface area is 262 Å². The molecule has 0 bridgehead atoms. The van der Waals surface area contributed by atoms with Crippen molar-refractivity contribution in [2.24, 2.45) is 11.8 Å². The van der Waals surface area contributed by atoms with E-state index in [9.17, 15) is 28.8 Å². The average Bonchev–Trinajstić information content (AvgIpc) is 3.62. The van der Waals surface area contributed by atoms with Gasteiger partial charge in [-0.05, 0) is 44.2 Å². The Morgan fingerprint density at radius 2 is 1.57 bits per heavy atom. The van der Waals surface area contributed by atoms with Crippen molar-refractivity contribution in [3.63, 3.8) is 0 Å². The van der Waals surface area contributed by atoms with Crippen LogP contribution in [0.15, 0.2) is 30.5 Å². The number of H-pyrrole nitrogens is 1. The lowest BCUT2D eigenvalue weighted by atomic mass is 10.0. The molecule has 0 saturated carbocycles. The molecule has 2 heterocycles. The number of likely N-dealkylation sites (tertiary alicyclic amines) is 1. The van der Waals surface area contributed by atoms with E-state index in [-0.39, 0.29) is 43.0 Å². The Kier molecular flexibility index (Phi) is 19.7. The van der Waals surface area contributed by atoms with Crippen LogP contribution >= 0.6 is 0 Å². The van der Waals surface area contributed by atoms with Crippen molar-refractivity contribution in [1.82, 2.24) is 25.8 Å². The van der Waals surface area contributed by atoms with E-state index in [4.69, 9.17) is 0 Å². The summed E-state index contributed by atoms with van der Waals surface area (Å²) in [5.74, 6) is -0.747. The van der Waals surface area contributed by atoms with Crippen LogP contribution < -0.4 is 16.0 Å². The summed E-state index contributed by atoms with van der Waals surface area (Å²) in [6.07, 6.45) is 3.69. The number of Topliss-reactive ketones (excluding diaryl/α,β-unsaturated/α-hetero) is 1. The van der Waals surface area contributed by atoms with E-state index in [2.05, 4.69) is 41.7 Å². The number of hydrogen-bond donors (Lipinski definition) is 4. The zero-order chi connectivity index (χ0) is 33.8. The maximum Gasteiger partial charge on any atom is 0.243 e. The first-order valence-corrected chi connectivity index (χ1v) is 15.4. The third-order valence-electron chi connectivity index (χ3n) is 5.91. The largest absolute Gasteiger partial charge is 0.361 e. The molecule has 1 fully saturated rings. The molecule has 2 aromatic rings. The van der Waals surface area contributed by atoms with Crippen molar-refractivity contribution in [3.8, 4) is 0 Å². The number of ketones is 1. The number of hydrogen-bond acceptors (Lipinski definition) is 6. The van der Waals surface area contributed by atoms with Gasteiger partial charge in [-0.3, -0.25) is 19.2 Å². The highest BCUT2D eigenvalue weighted by atomic mass is 16.2. The number of aromatic nitrogens is 1. The number of amides is 4. The number of para-hydroxylation sites is 1. The normalized spacial score (nSPS) is 14.2. The molecule has 2 atom stereocenters. The van der Waals surface area contributed by atoms with Crippen molar-refractivity contribution in [1.29, 1.82) is 0 Å². The van der Waals surface area contributed by atoms with Crippen LogP contribution in [-0.4, -0.2) is 77.3 Å². The topological polar surface area (TPSA) is 158 Å². The predicted molar refractivity (Wildman–Crippen MR) is 174 cm³/mol. The molecule has 0 radical (unpaired) electrons. The highest BCUT2D eigenvalue weighted by Crippen LogP contribution is 2.21. The zero-order valence-electron chi connectivity index (χ0n) is 27.9. The van der Waals surface area contributed by atoms with Gasteiger partial charge in [-0.25, -0.2) is 0 Å². The number of nitrogens with one attached hydrogen (secondary N) is 4. The van der Waals surface area contributed by atoms with Gasteiger partial charge in [-0.1, -0.05) is 66.7 Å². The van der Waals surface area contributed by atoms with E-state index in [0.717, 1.165) is 22.4 Å². The first kappa shape index (κ1) is 40.0. The van der Waals surface area contributed by atoms with E-state index in [0.29, 0.717) is 25.7 Å². The molecule has 0 aliphatic carbocycles.